The van der Waals surface area contributed by atoms with Crippen molar-refractivity contribution < 1.29 is 9.47 Å². The fraction of sp³-hybridized carbons (Fsp3) is 1.00. The van der Waals surface area contributed by atoms with Gasteiger partial charge >= 0.3 is 0 Å². The Bertz CT molecular complexity index is 389. The molecule has 7 aliphatic rings. The van der Waals surface area contributed by atoms with E-state index in [9.17, 15) is 0 Å². The number of halogens is 1. The fourth-order valence-electron chi connectivity index (χ4n) is 6.91. The quantitative estimate of drug-likeness (QED) is 0.620. The van der Waals surface area contributed by atoms with Gasteiger partial charge in [-0.15, -0.1) is 0 Å². The average molecular weight is 269 g/mol. The second-order valence-corrected chi connectivity index (χ2v) is 7.44. The summed E-state index contributed by atoms with van der Waals surface area (Å²) in [6, 6.07) is 0. The first-order valence-electron chi connectivity index (χ1n) is 6.28. The van der Waals surface area contributed by atoms with Crippen LogP contribution in [-0.4, -0.2) is 23.8 Å². The molecule has 6 saturated carbocycles. The minimum Gasteiger partial charge on any atom is -0.347 e. The lowest BCUT2D eigenvalue weighted by Crippen LogP contribution is -2.61. The van der Waals surface area contributed by atoms with Gasteiger partial charge in [-0.2, -0.15) is 0 Å². The van der Waals surface area contributed by atoms with Crippen LogP contribution in [0.15, 0.2) is 0 Å². The highest BCUT2D eigenvalue weighted by atomic mass is 79.9. The fourth-order valence-corrected chi connectivity index (χ4v) is 8.30. The van der Waals surface area contributed by atoms with E-state index in [1.807, 2.05) is 0 Å². The monoisotopic (exact) mass is 268 g/mol. The predicted octanol–water partition coefficient (Wildman–Crippen LogP) is 1.49. The van der Waals surface area contributed by atoms with E-state index in [0.717, 1.165) is 65.4 Å². The molecule has 0 N–H and O–H groups in total. The highest BCUT2D eigenvalue weighted by Crippen LogP contribution is 2.92. The Morgan fingerprint density at radius 1 is 0.800 bits per heavy atom. The highest BCUT2D eigenvalue weighted by molar-refractivity contribution is 9.09. The first-order chi connectivity index (χ1) is 7.36. The molecule has 1 spiro atoms. The Balaban J connectivity index is 1.63. The first kappa shape index (κ1) is 7.67. The van der Waals surface area contributed by atoms with Crippen molar-refractivity contribution in [1.29, 1.82) is 0 Å². The molecule has 2 nitrogen and oxygen atoms in total. The lowest BCUT2D eigenvalue weighted by Gasteiger charge is -2.63. The molecule has 0 radical (unpaired) electrons. The van der Waals surface area contributed by atoms with Crippen LogP contribution >= 0.6 is 15.9 Å². The molecule has 6 aliphatic carbocycles. The zero-order valence-corrected chi connectivity index (χ0v) is 9.89. The standard InChI is InChI=1S/C12H13BrO2/c13-11-7-3-4-6(7)10-8(11)5(3)9(4)12(10)14-1-2-15-12/h3-11H,1-2H2/t3-,4+,5+,6-,7-,8-,9+,10+,11+/m0/s1. The Hall–Kier alpha value is 0.400. The highest BCUT2D eigenvalue weighted by Gasteiger charge is 2.94. The molecule has 7 fully saturated rings. The van der Waals surface area contributed by atoms with E-state index in [0.29, 0.717) is 0 Å². The van der Waals surface area contributed by atoms with Gasteiger partial charge in [-0.3, -0.25) is 0 Å². The third kappa shape index (κ3) is 0.460. The van der Waals surface area contributed by atoms with E-state index in [1.54, 1.807) is 0 Å². The maximum absolute atomic E-state index is 6.09. The largest absolute Gasteiger partial charge is 0.347 e. The lowest BCUT2D eigenvalue weighted by molar-refractivity contribution is -0.226. The molecule has 0 amide bonds. The summed E-state index contributed by atoms with van der Waals surface area (Å²) in [4.78, 5) is 0.802. The Morgan fingerprint density at radius 2 is 1.40 bits per heavy atom. The van der Waals surface area contributed by atoms with Gasteiger partial charge in [-0.05, 0) is 35.5 Å². The van der Waals surface area contributed by atoms with Crippen LogP contribution in [0.3, 0.4) is 0 Å². The van der Waals surface area contributed by atoms with Gasteiger partial charge in [-0.25, -0.2) is 0 Å². The summed E-state index contributed by atoms with van der Waals surface area (Å²) < 4.78 is 12.2. The predicted molar refractivity (Wildman–Crippen MR) is 55.3 cm³/mol. The summed E-state index contributed by atoms with van der Waals surface area (Å²) in [5, 5.41) is 0. The number of hydrogen-bond acceptors (Lipinski definition) is 2. The molecule has 4 bridgehead atoms. The maximum atomic E-state index is 6.09. The topological polar surface area (TPSA) is 18.5 Å². The average Bonchev–Trinajstić information content (AvgIpc) is 2.87. The van der Waals surface area contributed by atoms with Gasteiger partial charge in [0.25, 0.3) is 0 Å². The number of ether oxygens (including phenoxy) is 2. The normalized spacial score (nSPS) is 77.8. The molecule has 0 aromatic carbocycles. The molecule has 80 valence electrons. The Labute approximate surface area is 96.8 Å². The summed E-state index contributed by atoms with van der Waals surface area (Å²) in [6.45, 7) is 1.68. The number of alkyl halides is 1. The molecule has 9 atom stereocenters. The van der Waals surface area contributed by atoms with Gasteiger partial charge in [0.05, 0.1) is 13.2 Å². The molecule has 1 aliphatic heterocycles. The summed E-state index contributed by atoms with van der Waals surface area (Å²) >= 11 is 3.96. The molecular weight excluding hydrogens is 256 g/mol. The minimum atomic E-state index is -0.0849. The van der Waals surface area contributed by atoms with Gasteiger partial charge in [0.2, 0.25) is 0 Å². The minimum absolute atomic E-state index is 0.0849. The van der Waals surface area contributed by atoms with Crippen LogP contribution in [0.2, 0.25) is 0 Å². The smallest absolute Gasteiger partial charge is 0.175 e. The van der Waals surface area contributed by atoms with Gasteiger partial charge < -0.3 is 9.47 Å². The molecule has 0 aromatic rings. The molecule has 15 heavy (non-hydrogen) atoms. The van der Waals surface area contributed by atoms with Crippen molar-refractivity contribution in [3.05, 3.63) is 0 Å². The van der Waals surface area contributed by atoms with Crippen LogP contribution in [0.25, 0.3) is 0 Å². The lowest BCUT2D eigenvalue weighted by atomic mass is 9.41. The van der Waals surface area contributed by atoms with E-state index in [-0.39, 0.29) is 5.79 Å². The molecule has 1 saturated heterocycles. The second-order valence-electron chi connectivity index (χ2n) is 6.38. The van der Waals surface area contributed by atoms with Crippen LogP contribution in [0.1, 0.15) is 0 Å². The van der Waals surface area contributed by atoms with Crippen LogP contribution in [-0.2, 0) is 9.47 Å². The van der Waals surface area contributed by atoms with Crippen molar-refractivity contribution in [2.75, 3.05) is 13.2 Å². The Morgan fingerprint density at radius 3 is 2.07 bits per heavy atom. The van der Waals surface area contributed by atoms with E-state index in [2.05, 4.69) is 15.9 Å². The van der Waals surface area contributed by atoms with E-state index < -0.39 is 0 Å². The molecule has 0 aromatic heterocycles. The van der Waals surface area contributed by atoms with Crippen LogP contribution < -0.4 is 0 Å². The summed E-state index contributed by atoms with van der Waals surface area (Å²) in [6.07, 6.45) is 0. The molecule has 7 rings (SSSR count). The van der Waals surface area contributed by atoms with Gasteiger partial charge in [-0.1, -0.05) is 15.9 Å². The zero-order chi connectivity index (χ0) is 9.52. The Kier molecular flexibility index (Phi) is 0.946. The SMILES string of the molecule is Br[C@@H]1[C@H]2[C@H]3[C@@H]4[C@@H]2[C@@H]2[C@@H]1[C@@H]3[C@@H]4C21OCCO1. The van der Waals surface area contributed by atoms with Crippen LogP contribution in [0.5, 0.6) is 0 Å². The van der Waals surface area contributed by atoms with Gasteiger partial charge in [0, 0.05) is 16.7 Å². The van der Waals surface area contributed by atoms with E-state index >= 15 is 0 Å². The van der Waals surface area contributed by atoms with Crippen molar-refractivity contribution in [3.8, 4) is 0 Å². The van der Waals surface area contributed by atoms with Gasteiger partial charge in [0.1, 0.15) is 0 Å². The number of rotatable bonds is 0. The van der Waals surface area contributed by atoms with Crippen LogP contribution in [0.4, 0.5) is 0 Å². The van der Waals surface area contributed by atoms with Crippen molar-refractivity contribution in [2.24, 2.45) is 47.3 Å². The summed E-state index contributed by atoms with van der Waals surface area (Å²) in [5.41, 5.74) is 0. The van der Waals surface area contributed by atoms with E-state index in [4.69, 9.17) is 9.47 Å². The maximum Gasteiger partial charge on any atom is 0.175 e. The molecule has 3 heteroatoms. The van der Waals surface area contributed by atoms with E-state index in [1.165, 1.54) is 0 Å². The zero-order valence-electron chi connectivity index (χ0n) is 8.30. The van der Waals surface area contributed by atoms with Crippen molar-refractivity contribution in [2.45, 2.75) is 10.6 Å². The third-order valence-electron chi connectivity index (χ3n) is 6.73. The summed E-state index contributed by atoms with van der Waals surface area (Å²) in [7, 11) is 0. The molecule has 0 unspecified atom stereocenters. The molecule has 1 heterocycles. The first-order valence-corrected chi connectivity index (χ1v) is 7.20. The van der Waals surface area contributed by atoms with Crippen LogP contribution in [0, 0.1) is 47.3 Å². The second kappa shape index (κ2) is 1.85. The van der Waals surface area contributed by atoms with Gasteiger partial charge in [0.15, 0.2) is 5.79 Å². The summed E-state index contributed by atoms with van der Waals surface area (Å²) in [5.74, 6) is 7.38. The van der Waals surface area contributed by atoms with Crippen molar-refractivity contribution in [3.63, 3.8) is 0 Å². The van der Waals surface area contributed by atoms with Crippen molar-refractivity contribution >= 4 is 15.9 Å². The number of hydrogen-bond donors (Lipinski definition) is 0. The third-order valence-corrected chi connectivity index (χ3v) is 7.95. The van der Waals surface area contributed by atoms with Crippen molar-refractivity contribution in [1.82, 2.24) is 0 Å². The molecular formula is C12H13BrO2.